The van der Waals surface area contributed by atoms with Crippen molar-refractivity contribution in [3.05, 3.63) is 16.4 Å². The SMILES string of the molecule is COCCn1ncc(Br)c1C(N)C1CC1. The van der Waals surface area contributed by atoms with Crippen LogP contribution in [-0.4, -0.2) is 23.5 Å². The van der Waals surface area contributed by atoms with Crippen molar-refractivity contribution in [1.29, 1.82) is 0 Å². The number of halogens is 1. The Morgan fingerprint density at radius 1 is 1.73 bits per heavy atom. The number of nitrogens with two attached hydrogens (primary N) is 1. The summed E-state index contributed by atoms with van der Waals surface area (Å²) in [5.41, 5.74) is 7.29. The Morgan fingerprint density at radius 3 is 3.07 bits per heavy atom. The average Bonchev–Trinajstić information content (AvgIpc) is 3.00. The molecule has 0 radical (unpaired) electrons. The molecule has 1 saturated carbocycles. The second kappa shape index (κ2) is 4.63. The monoisotopic (exact) mass is 273 g/mol. The maximum absolute atomic E-state index is 6.19. The van der Waals surface area contributed by atoms with E-state index in [0.29, 0.717) is 12.5 Å². The largest absolute Gasteiger partial charge is 0.383 e. The van der Waals surface area contributed by atoms with Crippen molar-refractivity contribution in [2.45, 2.75) is 25.4 Å². The lowest BCUT2D eigenvalue weighted by Gasteiger charge is -2.14. The van der Waals surface area contributed by atoms with Crippen molar-refractivity contribution in [2.75, 3.05) is 13.7 Å². The Bertz CT molecular complexity index is 335. The number of aromatic nitrogens is 2. The molecule has 0 amide bonds. The van der Waals surface area contributed by atoms with E-state index in [1.807, 2.05) is 10.9 Å². The normalized spacial score (nSPS) is 18.1. The first-order valence-corrected chi connectivity index (χ1v) is 5.99. The molecule has 1 atom stereocenters. The number of nitrogens with zero attached hydrogens (tertiary/aromatic N) is 2. The van der Waals surface area contributed by atoms with E-state index in [1.165, 1.54) is 12.8 Å². The molecule has 2 N–H and O–H groups in total. The van der Waals surface area contributed by atoms with Crippen LogP contribution in [0.1, 0.15) is 24.6 Å². The van der Waals surface area contributed by atoms with E-state index in [0.717, 1.165) is 16.7 Å². The van der Waals surface area contributed by atoms with Gasteiger partial charge in [-0.1, -0.05) is 0 Å². The number of hydrogen-bond acceptors (Lipinski definition) is 3. The second-order valence-corrected chi connectivity index (χ2v) is 4.81. The maximum Gasteiger partial charge on any atom is 0.0697 e. The lowest BCUT2D eigenvalue weighted by molar-refractivity contribution is 0.181. The first-order valence-electron chi connectivity index (χ1n) is 5.19. The molecule has 0 aromatic carbocycles. The third-order valence-corrected chi connectivity index (χ3v) is 3.40. The molecule has 1 aromatic heterocycles. The molecule has 1 fully saturated rings. The summed E-state index contributed by atoms with van der Waals surface area (Å²) in [7, 11) is 1.69. The lowest BCUT2D eigenvalue weighted by Crippen LogP contribution is -2.20. The Balaban J connectivity index is 2.15. The number of hydrogen-bond donors (Lipinski definition) is 1. The second-order valence-electron chi connectivity index (χ2n) is 3.96. The fourth-order valence-electron chi connectivity index (χ4n) is 1.74. The Labute approximate surface area is 97.9 Å². The lowest BCUT2D eigenvalue weighted by atomic mass is 10.1. The molecule has 1 unspecified atom stereocenters. The molecule has 0 saturated heterocycles. The molecule has 0 aliphatic heterocycles. The van der Waals surface area contributed by atoms with Gasteiger partial charge in [-0.2, -0.15) is 5.10 Å². The van der Waals surface area contributed by atoms with Gasteiger partial charge in [0, 0.05) is 7.11 Å². The summed E-state index contributed by atoms with van der Waals surface area (Å²) in [4.78, 5) is 0. The van der Waals surface area contributed by atoms with E-state index in [2.05, 4.69) is 21.0 Å². The van der Waals surface area contributed by atoms with E-state index in [9.17, 15) is 0 Å². The summed E-state index contributed by atoms with van der Waals surface area (Å²) in [6.07, 6.45) is 4.29. The van der Waals surface area contributed by atoms with Crippen molar-refractivity contribution in [1.82, 2.24) is 9.78 Å². The van der Waals surface area contributed by atoms with E-state index in [-0.39, 0.29) is 6.04 Å². The van der Waals surface area contributed by atoms with Crippen LogP contribution < -0.4 is 5.73 Å². The smallest absolute Gasteiger partial charge is 0.0697 e. The first-order chi connectivity index (χ1) is 7.24. The third-order valence-electron chi connectivity index (χ3n) is 2.79. The van der Waals surface area contributed by atoms with Gasteiger partial charge in [0.1, 0.15) is 0 Å². The van der Waals surface area contributed by atoms with Gasteiger partial charge in [-0.3, -0.25) is 4.68 Å². The molecule has 84 valence electrons. The van der Waals surface area contributed by atoms with Crippen molar-refractivity contribution in [3.8, 4) is 0 Å². The molecule has 2 rings (SSSR count). The highest BCUT2D eigenvalue weighted by atomic mass is 79.9. The zero-order valence-corrected chi connectivity index (χ0v) is 10.4. The topological polar surface area (TPSA) is 53.1 Å². The minimum absolute atomic E-state index is 0.110. The van der Waals surface area contributed by atoms with E-state index >= 15 is 0 Å². The summed E-state index contributed by atoms with van der Waals surface area (Å²) in [6.45, 7) is 1.43. The zero-order valence-electron chi connectivity index (χ0n) is 8.82. The van der Waals surface area contributed by atoms with Gasteiger partial charge < -0.3 is 10.5 Å². The predicted octanol–water partition coefficient (Wildman–Crippen LogP) is 1.70. The summed E-state index contributed by atoms with van der Waals surface area (Å²) >= 11 is 3.50. The molecule has 15 heavy (non-hydrogen) atoms. The van der Waals surface area contributed by atoms with Gasteiger partial charge in [-0.15, -0.1) is 0 Å². The average molecular weight is 274 g/mol. The molecule has 1 heterocycles. The van der Waals surface area contributed by atoms with Gasteiger partial charge in [0.05, 0.1) is 35.6 Å². The molecule has 1 aliphatic carbocycles. The van der Waals surface area contributed by atoms with E-state index < -0.39 is 0 Å². The van der Waals surface area contributed by atoms with Crippen LogP contribution in [0.15, 0.2) is 10.7 Å². The third kappa shape index (κ3) is 2.41. The minimum atomic E-state index is 0.110. The standard InChI is InChI=1S/C10H16BrN3O/c1-15-5-4-14-10(8(11)6-13-14)9(12)7-2-3-7/h6-7,9H,2-5,12H2,1H3. The van der Waals surface area contributed by atoms with Crippen molar-refractivity contribution in [3.63, 3.8) is 0 Å². The maximum atomic E-state index is 6.19. The zero-order chi connectivity index (χ0) is 10.8. The van der Waals surface area contributed by atoms with Gasteiger partial charge >= 0.3 is 0 Å². The highest BCUT2D eigenvalue weighted by Gasteiger charge is 2.32. The molecule has 5 heteroatoms. The van der Waals surface area contributed by atoms with Crippen LogP contribution in [0.25, 0.3) is 0 Å². The van der Waals surface area contributed by atoms with Crippen molar-refractivity contribution in [2.24, 2.45) is 11.7 Å². The van der Waals surface area contributed by atoms with E-state index in [1.54, 1.807) is 7.11 Å². The Hall–Kier alpha value is -0.390. The van der Waals surface area contributed by atoms with E-state index in [4.69, 9.17) is 10.5 Å². The van der Waals surface area contributed by atoms with Crippen molar-refractivity contribution < 1.29 is 4.74 Å². The van der Waals surface area contributed by atoms with Crippen LogP contribution in [0.2, 0.25) is 0 Å². The minimum Gasteiger partial charge on any atom is -0.383 e. The fraction of sp³-hybridized carbons (Fsp3) is 0.700. The fourth-order valence-corrected chi connectivity index (χ4v) is 2.30. The molecule has 4 nitrogen and oxygen atoms in total. The highest BCUT2D eigenvalue weighted by molar-refractivity contribution is 9.10. The first kappa shape index (κ1) is 11.1. The number of methoxy groups -OCH3 is 1. The summed E-state index contributed by atoms with van der Waals surface area (Å²) < 4.78 is 8.00. The molecular formula is C10H16BrN3O. The molecular weight excluding hydrogens is 258 g/mol. The van der Waals surface area contributed by atoms with Gasteiger partial charge in [-0.05, 0) is 34.7 Å². The van der Waals surface area contributed by atoms with Crippen LogP contribution in [-0.2, 0) is 11.3 Å². The highest BCUT2D eigenvalue weighted by Crippen LogP contribution is 2.41. The van der Waals surface area contributed by atoms with Crippen LogP contribution in [0, 0.1) is 5.92 Å². The molecule has 1 aromatic rings. The quantitative estimate of drug-likeness (QED) is 0.889. The molecule has 0 bridgehead atoms. The Morgan fingerprint density at radius 2 is 2.47 bits per heavy atom. The van der Waals surface area contributed by atoms with Gasteiger partial charge in [0.2, 0.25) is 0 Å². The molecule has 1 aliphatic rings. The number of ether oxygens (including phenoxy) is 1. The Kier molecular flexibility index (Phi) is 3.43. The van der Waals surface area contributed by atoms with Crippen LogP contribution in [0.4, 0.5) is 0 Å². The van der Waals surface area contributed by atoms with Crippen LogP contribution in [0.3, 0.4) is 0 Å². The van der Waals surface area contributed by atoms with Gasteiger partial charge in [-0.25, -0.2) is 0 Å². The van der Waals surface area contributed by atoms with Crippen LogP contribution >= 0.6 is 15.9 Å². The summed E-state index contributed by atoms with van der Waals surface area (Å²) in [5, 5.41) is 4.29. The summed E-state index contributed by atoms with van der Waals surface area (Å²) in [6, 6.07) is 0.110. The summed E-state index contributed by atoms with van der Waals surface area (Å²) in [5.74, 6) is 0.638. The van der Waals surface area contributed by atoms with Gasteiger partial charge in [0.25, 0.3) is 0 Å². The van der Waals surface area contributed by atoms with Crippen LogP contribution in [0.5, 0.6) is 0 Å². The van der Waals surface area contributed by atoms with Gasteiger partial charge in [0.15, 0.2) is 0 Å². The molecule has 0 spiro atoms. The number of rotatable bonds is 5. The van der Waals surface area contributed by atoms with Crippen molar-refractivity contribution >= 4 is 15.9 Å². The predicted molar refractivity (Wildman–Crippen MR) is 61.5 cm³/mol.